The van der Waals surface area contributed by atoms with Gasteiger partial charge in [0.1, 0.15) is 0 Å². The molecule has 0 radical (unpaired) electrons. The second-order valence-corrected chi connectivity index (χ2v) is 7.32. The number of hydrogen-bond acceptors (Lipinski definition) is 4. The third-order valence-electron chi connectivity index (χ3n) is 5.14. The summed E-state index contributed by atoms with van der Waals surface area (Å²) in [7, 11) is 0. The number of rotatable bonds is 5. The lowest BCUT2D eigenvalue weighted by Crippen LogP contribution is -2.46. The minimum Gasteiger partial charge on any atom is -0.454 e. The van der Waals surface area contributed by atoms with E-state index in [1.54, 1.807) is 6.33 Å². The molecule has 1 saturated heterocycles. The molecule has 1 aromatic carbocycles. The maximum Gasteiger partial charge on any atom is 0.231 e. The smallest absolute Gasteiger partial charge is 0.231 e. The second-order valence-electron chi connectivity index (χ2n) is 7.32. The highest BCUT2D eigenvalue weighted by atomic mass is 16.7. The lowest BCUT2D eigenvalue weighted by atomic mass is 9.76. The Kier molecular flexibility index (Phi) is 4.11. The van der Waals surface area contributed by atoms with Crippen molar-refractivity contribution in [2.24, 2.45) is 5.41 Å². The summed E-state index contributed by atoms with van der Waals surface area (Å²) in [5, 5.41) is 0. The van der Waals surface area contributed by atoms with Gasteiger partial charge in [0, 0.05) is 37.8 Å². The van der Waals surface area contributed by atoms with Gasteiger partial charge >= 0.3 is 0 Å². The molecule has 1 N–H and O–H groups in total. The molecule has 0 spiro atoms. The molecule has 0 bridgehead atoms. The number of H-pyrrole nitrogens is 1. The van der Waals surface area contributed by atoms with E-state index < -0.39 is 0 Å². The average Bonchev–Trinajstić information content (AvgIpc) is 3.27. The van der Waals surface area contributed by atoms with Crippen molar-refractivity contribution >= 4 is 5.91 Å². The number of likely N-dealkylation sites (tertiary alicyclic amines) is 1. The molecular formula is C19H23N3O3. The van der Waals surface area contributed by atoms with Gasteiger partial charge < -0.3 is 19.4 Å². The fourth-order valence-electron chi connectivity index (χ4n) is 3.76. The Hall–Kier alpha value is -2.50. The van der Waals surface area contributed by atoms with Crippen molar-refractivity contribution in [3.63, 3.8) is 0 Å². The van der Waals surface area contributed by atoms with Crippen LogP contribution in [0.25, 0.3) is 0 Å². The number of piperidine rings is 1. The maximum absolute atomic E-state index is 12.3. The van der Waals surface area contributed by atoms with Crippen molar-refractivity contribution in [2.45, 2.75) is 32.6 Å². The molecule has 6 heteroatoms. The number of benzene rings is 1. The van der Waals surface area contributed by atoms with Gasteiger partial charge in [0.25, 0.3) is 0 Å². The van der Waals surface area contributed by atoms with E-state index >= 15 is 0 Å². The van der Waals surface area contributed by atoms with E-state index in [0.29, 0.717) is 13.2 Å². The number of carbonyl (C=O) groups excluding carboxylic acids is 1. The minimum atomic E-state index is 0.0790. The van der Waals surface area contributed by atoms with Crippen molar-refractivity contribution in [1.82, 2.24) is 14.9 Å². The van der Waals surface area contributed by atoms with Crippen LogP contribution in [0.4, 0.5) is 0 Å². The number of amides is 1. The first-order valence-electron chi connectivity index (χ1n) is 8.75. The predicted octanol–water partition coefficient (Wildman–Crippen LogP) is 2.55. The zero-order valence-corrected chi connectivity index (χ0v) is 14.5. The van der Waals surface area contributed by atoms with E-state index in [2.05, 4.69) is 29.0 Å². The standard InChI is InChI=1S/C19H23N3O3/c1-19(9-14-2-3-16-17(8-14)25-13-24-16)6-4-18(23)22(11-19)7-5-15-10-20-12-21-15/h2-3,8,10,12H,4-7,9,11,13H2,1H3,(H,20,21)/t19-/m0/s1. The monoisotopic (exact) mass is 341 g/mol. The van der Waals surface area contributed by atoms with Crippen molar-refractivity contribution < 1.29 is 14.3 Å². The lowest BCUT2D eigenvalue weighted by molar-refractivity contribution is -0.137. The molecule has 0 unspecified atom stereocenters. The molecule has 4 rings (SSSR count). The van der Waals surface area contributed by atoms with Gasteiger partial charge in [-0.25, -0.2) is 4.98 Å². The topological polar surface area (TPSA) is 67.5 Å². The zero-order valence-electron chi connectivity index (χ0n) is 14.5. The van der Waals surface area contributed by atoms with Crippen LogP contribution >= 0.6 is 0 Å². The highest BCUT2D eigenvalue weighted by Gasteiger charge is 2.35. The Morgan fingerprint density at radius 2 is 2.20 bits per heavy atom. The maximum atomic E-state index is 12.3. The van der Waals surface area contributed by atoms with E-state index in [-0.39, 0.29) is 11.3 Å². The van der Waals surface area contributed by atoms with E-state index in [1.807, 2.05) is 17.2 Å². The summed E-state index contributed by atoms with van der Waals surface area (Å²) in [5.41, 5.74) is 2.38. The number of ether oxygens (including phenoxy) is 2. The van der Waals surface area contributed by atoms with Crippen molar-refractivity contribution in [3.8, 4) is 11.5 Å². The van der Waals surface area contributed by atoms with Crippen LogP contribution < -0.4 is 9.47 Å². The highest BCUT2D eigenvalue weighted by Crippen LogP contribution is 2.37. The number of imidazole rings is 1. The summed E-state index contributed by atoms with van der Waals surface area (Å²) in [6.07, 6.45) is 6.77. The second kappa shape index (κ2) is 6.43. The van der Waals surface area contributed by atoms with Crippen LogP contribution in [-0.2, 0) is 17.6 Å². The molecule has 3 heterocycles. The average molecular weight is 341 g/mol. The number of aromatic amines is 1. The van der Waals surface area contributed by atoms with Crippen LogP contribution in [0.3, 0.4) is 0 Å². The number of fused-ring (bicyclic) bond motifs is 1. The van der Waals surface area contributed by atoms with E-state index in [9.17, 15) is 4.79 Å². The summed E-state index contributed by atoms with van der Waals surface area (Å²) in [4.78, 5) is 21.4. The summed E-state index contributed by atoms with van der Waals surface area (Å²) in [6, 6.07) is 6.15. The first-order valence-corrected chi connectivity index (χ1v) is 8.75. The Morgan fingerprint density at radius 3 is 3.04 bits per heavy atom. The Labute approximate surface area is 147 Å². The van der Waals surface area contributed by atoms with Crippen molar-refractivity contribution in [2.75, 3.05) is 19.9 Å². The summed E-state index contributed by atoms with van der Waals surface area (Å²) in [6.45, 7) is 4.09. The van der Waals surface area contributed by atoms with Crippen LogP contribution in [-0.4, -0.2) is 40.7 Å². The number of nitrogens with zero attached hydrogens (tertiary/aromatic N) is 2. The van der Waals surface area contributed by atoms with Gasteiger partial charge in [-0.3, -0.25) is 4.79 Å². The molecule has 2 aliphatic heterocycles. The Morgan fingerprint density at radius 1 is 1.32 bits per heavy atom. The molecular weight excluding hydrogens is 318 g/mol. The first kappa shape index (κ1) is 16.0. The third-order valence-corrected chi connectivity index (χ3v) is 5.14. The molecule has 1 aromatic heterocycles. The third kappa shape index (κ3) is 3.48. The van der Waals surface area contributed by atoms with Gasteiger partial charge in [-0.05, 0) is 36.0 Å². The van der Waals surface area contributed by atoms with E-state index in [4.69, 9.17) is 9.47 Å². The lowest BCUT2D eigenvalue weighted by Gasteiger charge is -2.40. The normalized spacial score (nSPS) is 22.4. The Bertz CT molecular complexity index is 759. The number of hydrogen-bond donors (Lipinski definition) is 1. The molecule has 6 nitrogen and oxygen atoms in total. The molecule has 132 valence electrons. The number of carbonyl (C=O) groups is 1. The zero-order chi connectivity index (χ0) is 17.3. The summed E-state index contributed by atoms with van der Waals surface area (Å²) >= 11 is 0. The minimum absolute atomic E-state index is 0.0790. The van der Waals surface area contributed by atoms with Crippen LogP contribution in [0.1, 0.15) is 31.0 Å². The molecule has 1 amide bonds. The fourth-order valence-corrected chi connectivity index (χ4v) is 3.76. The highest BCUT2D eigenvalue weighted by molar-refractivity contribution is 5.77. The quantitative estimate of drug-likeness (QED) is 0.907. The number of nitrogens with one attached hydrogen (secondary N) is 1. The van der Waals surface area contributed by atoms with E-state index in [1.165, 1.54) is 5.56 Å². The van der Waals surface area contributed by atoms with Crippen molar-refractivity contribution in [1.29, 1.82) is 0 Å². The fraction of sp³-hybridized carbons (Fsp3) is 0.474. The largest absolute Gasteiger partial charge is 0.454 e. The molecule has 25 heavy (non-hydrogen) atoms. The van der Waals surface area contributed by atoms with Gasteiger partial charge in [0.05, 0.1) is 6.33 Å². The molecule has 0 saturated carbocycles. The summed E-state index contributed by atoms with van der Waals surface area (Å²) in [5.74, 6) is 1.89. The first-order chi connectivity index (χ1) is 12.1. The molecule has 1 atom stereocenters. The molecule has 0 aliphatic carbocycles. The predicted molar refractivity (Wildman–Crippen MR) is 92.5 cm³/mol. The SMILES string of the molecule is C[C@@]1(Cc2ccc3c(c2)OCO3)CCC(=O)N(CCc2cnc[nH]2)C1. The van der Waals surface area contributed by atoms with Crippen LogP contribution in [0.2, 0.25) is 0 Å². The molecule has 2 aromatic rings. The van der Waals surface area contributed by atoms with Crippen LogP contribution in [0.5, 0.6) is 11.5 Å². The van der Waals surface area contributed by atoms with Crippen molar-refractivity contribution in [3.05, 3.63) is 42.0 Å². The van der Waals surface area contributed by atoms with Crippen LogP contribution in [0, 0.1) is 5.41 Å². The van der Waals surface area contributed by atoms with Gasteiger partial charge in [-0.1, -0.05) is 13.0 Å². The molecule has 1 fully saturated rings. The van der Waals surface area contributed by atoms with Gasteiger partial charge in [0.15, 0.2) is 11.5 Å². The summed E-state index contributed by atoms with van der Waals surface area (Å²) < 4.78 is 10.9. The van der Waals surface area contributed by atoms with Gasteiger partial charge in [0.2, 0.25) is 12.7 Å². The Balaban J connectivity index is 1.42. The van der Waals surface area contributed by atoms with Gasteiger partial charge in [-0.15, -0.1) is 0 Å². The molecule has 2 aliphatic rings. The van der Waals surface area contributed by atoms with Gasteiger partial charge in [-0.2, -0.15) is 0 Å². The van der Waals surface area contributed by atoms with E-state index in [0.717, 1.165) is 49.5 Å². The number of aromatic nitrogens is 2. The van der Waals surface area contributed by atoms with Crippen LogP contribution in [0.15, 0.2) is 30.7 Å².